The maximum absolute atomic E-state index is 12.3. The lowest BCUT2D eigenvalue weighted by atomic mass is 10.1. The van der Waals surface area contributed by atoms with Crippen LogP contribution in [0.3, 0.4) is 0 Å². The molecular formula is C17H17ClN4O. The lowest BCUT2D eigenvalue weighted by molar-refractivity contribution is 0.0946. The fourth-order valence-electron chi connectivity index (χ4n) is 2.37. The number of halogens is 1. The van der Waals surface area contributed by atoms with Crippen molar-refractivity contribution in [3.8, 4) is 0 Å². The van der Waals surface area contributed by atoms with Crippen molar-refractivity contribution in [2.45, 2.75) is 19.8 Å². The third-order valence-corrected chi connectivity index (χ3v) is 4.00. The molecule has 1 amide bonds. The first-order valence-electron chi connectivity index (χ1n) is 7.48. The highest BCUT2D eigenvalue weighted by Crippen LogP contribution is 2.14. The predicted molar refractivity (Wildman–Crippen MR) is 89.8 cm³/mol. The first kappa shape index (κ1) is 15.5. The average molecular weight is 329 g/mol. The molecular weight excluding hydrogens is 312 g/mol. The minimum absolute atomic E-state index is 0.196. The van der Waals surface area contributed by atoms with Gasteiger partial charge in [-0.25, -0.2) is 9.50 Å². The highest BCUT2D eigenvalue weighted by molar-refractivity contribution is 6.30. The molecule has 3 aromatic rings. The maximum Gasteiger partial charge on any atom is 0.271 e. The molecule has 2 heterocycles. The summed E-state index contributed by atoms with van der Waals surface area (Å²) in [7, 11) is 0. The van der Waals surface area contributed by atoms with Gasteiger partial charge in [0.25, 0.3) is 5.91 Å². The van der Waals surface area contributed by atoms with E-state index in [0.717, 1.165) is 18.4 Å². The molecule has 0 saturated carbocycles. The zero-order valence-electron chi connectivity index (χ0n) is 12.8. The van der Waals surface area contributed by atoms with E-state index in [0.29, 0.717) is 23.0 Å². The molecule has 23 heavy (non-hydrogen) atoms. The Labute approximate surface area is 139 Å². The van der Waals surface area contributed by atoms with Gasteiger partial charge in [0.15, 0.2) is 16.5 Å². The van der Waals surface area contributed by atoms with Gasteiger partial charge in [-0.2, -0.15) is 5.10 Å². The van der Waals surface area contributed by atoms with Gasteiger partial charge >= 0.3 is 0 Å². The van der Waals surface area contributed by atoms with Crippen LogP contribution in [0.15, 0.2) is 42.6 Å². The van der Waals surface area contributed by atoms with Gasteiger partial charge in [0.1, 0.15) is 0 Å². The van der Waals surface area contributed by atoms with Crippen molar-refractivity contribution in [2.75, 3.05) is 6.54 Å². The predicted octanol–water partition coefficient (Wildman–Crippen LogP) is 3.05. The van der Waals surface area contributed by atoms with Crippen molar-refractivity contribution in [3.05, 3.63) is 64.6 Å². The zero-order valence-corrected chi connectivity index (χ0v) is 13.5. The van der Waals surface area contributed by atoms with E-state index in [1.54, 1.807) is 0 Å². The molecule has 0 aliphatic rings. The summed E-state index contributed by atoms with van der Waals surface area (Å²) in [6, 6.07) is 12.0. The molecule has 0 spiro atoms. The number of nitrogens with one attached hydrogen (secondary N) is 1. The smallest absolute Gasteiger partial charge is 0.271 e. The van der Waals surface area contributed by atoms with Crippen molar-refractivity contribution < 1.29 is 4.79 Å². The molecule has 0 radical (unpaired) electrons. The van der Waals surface area contributed by atoms with Crippen LogP contribution >= 0.6 is 11.6 Å². The van der Waals surface area contributed by atoms with Crippen LogP contribution in [0.4, 0.5) is 0 Å². The molecule has 0 aliphatic heterocycles. The van der Waals surface area contributed by atoms with Gasteiger partial charge in [-0.1, -0.05) is 41.9 Å². The van der Waals surface area contributed by atoms with Crippen LogP contribution in [0.1, 0.15) is 28.0 Å². The molecule has 0 aliphatic carbocycles. The Bertz CT molecular complexity index is 829. The van der Waals surface area contributed by atoms with Crippen molar-refractivity contribution in [1.29, 1.82) is 0 Å². The van der Waals surface area contributed by atoms with Crippen molar-refractivity contribution >= 4 is 23.2 Å². The summed E-state index contributed by atoms with van der Waals surface area (Å²) in [6.45, 7) is 2.45. The summed E-state index contributed by atoms with van der Waals surface area (Å²) in [6.07, 6.45) is 3.32. The normalized spacial score (nSPS) is 10.9. The lowest BCUT2D eigenvalue weighted by Crippen LogP contribution is -2.26. The van der Waals surface area contributed by atoms with E-state index in [9.17, 15) is 4.79 Å². The summed E-state index contributed by atoms with van der Waals surface area (Å²) in [5.74, 6) is -0.196. The third-order valence-electron chi connectivity index (χ3n) is 3.63. The summed E-state index contributed by atoms with van der Waals surface area (Å²) >= 11 is 6.02. The number of amides is 1. The van der Waals surface area contributed by atoms with Crippen LogP contribution in [-0.4, -0.2) is 27.0 Å². The van der Waals surface area contributed by atoms with E-state index < -0.39 is 0 Å². The minimum atomic E-state index is -0.196. The third kappa shape index (κ3) is 3.51. The number of imidazole rings is 1. The van der Waals surface area contributed by atoms with Gasteiger partial charge in [0, 0.05) is 6.54 Å². The summed E-state index contributed by atoms with van der Waals surface area (Å²) in [5, 5.41) is 7.46. The second-order valence-electron chi connectivity index (χ2n) is 5.38. The molecule has 0 atom stereocenters. The molecule has 0 saturated heterocycles. The second kappa shape index (κ2) is 6.79. The van der Waals surface area contributed by atoms with Gasteiger partial charge < -0.3 is 5.32 Å². The average Bonchev–Trinajstić information content (AvgIpc) is 2.95. The Kier molecular flexibility index (Phi) is 4.57. The summed E-state index contributed by atoms with van der Waals surface area (Å²) in [4.78, 5) is 16.5. The highest BCUT2D eigenvalue weighted by atomic mass is 35.5. The number of hydrogen-bond donors (Lipinski definition) is 1. The molecule has 0 fully saturated rings. The Morgan fingerprint density at radius 2 is 2.09 bits per heavy atom. The topological polar surface area (TPSA) is 59.3 Å². The minimum Gasteiger partial charge on any atom is -0.351 e. The van der Waals surface area contributed by atoms with E-state index in [2.05, 4.69) is 27.5 Å². The SMILES string of the molecule is Cc1cc2ncc(C(=O)NCCCc3ccccc3)n2nc1Cl. The molecule has 6 heteroatoms. The van der Waals surface area contributed by atoms with Crippen LogP contribution in [-0.2, 0) is 6.42 Å². The largest absolute Gasteiger partial charge is 0.351 e. The number of carbonyl (C=O) groups is 1. The number of benzene rings is 1. The van der Waals surface area contributed by atoms with Crippen molar-refractivity contribution in [3.63, 3.8) is 0 Å². The van der Waals surface area contributed by atoms with Gasteiger partial charge in [-0.05, 0) is 37.0 Å². The summed E-state index contributed by atoms with van der Waals surface area (Å²) in [5.41, 5.74) is 3.10. The number of rotatable bonds is 5. The molecule has 1 aromatic carbocycles. The van der Waals surface area contributed by atoms with E-state index in [-0.39, 0.29) is 5.91 Å². The van der Waals surface area contributed by atoms with Gasteiger partial charge in [-0.3, -0.25) is 4.79 Å². The van der Waals surface area contributed by atoms with E-state index in [1.165, 1.54) is 16.3 Å². The fourth-order valence-corrected chi connectivity index (χ4v) is 2.50. The molecule has 2 aromatic heterocycles. The quantitative estimate of drug-likeness (QED) is 0.732. The Morgan fingerprint density at radius 3 is 2.87 bits per heavy atom. The van der Waals surface area contributed by atoms with Crippen LogP contribution < -0.4 is 5.32 Å². The molecule has 118 valence electrons. The molecule has 5 nitrogen and oxygen atoms in total. The number of carbonyl (C=O) groups excluding carboxylic acids is 1. The number of nitrogens with zero attached hydrogens (tertiary/aromatic N) is 3. The van der Waals surface area contributed by atoms with Crippen molar-refractivity contribution in [1.82, 2.24) is 19.9 Å². The molecule has 3 rings (SSSR count). The van der Waals surface area contributed by atoms with Crippen LogP contribution in [0.5, 0.6) is 0 Å². The summed E-state index contributed by atoms with van der Waals surface area (Å²) < 4.78 is 1.47. The first-order valence-corrected chi connectivity index (χ1v) is 7.86. The zero-order chi connectivity index (χ0) is 16.2. The second-order valence-corrected chi connectivity index (χ2v) is 5.73. The number of aryl methyl sites for hydroxylation is 2. The molecule has 0 bridgehead atoms. The van der Waals surface area contributed by atoms with Crippen LogP contribution in [0.25, 0.3) is 5.65 Å². The van der Waals surface area contributed by atoms with Crippen molar-refractivity contribution in [2.24, 2.45) is 0 Å². The lowest BCUT2D eigenvalue weighted by Gasteiger charge is -2.05. The highest BCUT2D eigenvalue weighted by Gasteiger charge is 2.14. The Balaban J connectivity index is 1.61. The van der Waals surface area contributed by atoms with Gasteiger partial charge in [-0.15, -0.1) is 0 Å². The number of hydrogen-bond acceptors (Lipinski definition) is 3. The standard InChI is InChI=1S/C17H17ClN4O/c1-12-10-15-20-11-14(22(15)21-16(12)18)17(23)19-9-5-8-13-6-3-2-4-7-13/h2-4,6-7,10-11H,5,8-9H2,1H3,(H,19,23). The molecule has 0 unspecified atom stereocenters. The molecule has 1 N–H and O–H groups in total. The van der Waals surface area contributed by atoms with Gasteiger partial charge in [0.2, 0.25) is 0 Å². The van der Waals surface area contributed by atoms with E-state index in [1.807, 2.05) is 31.2 Å². The van der Waals surface area contributed by atoms with Gasteiger partial charge in [0.05, 0.1) is 6.20 Å². The van der Waals surface area contributed by atoms with Crippen LogP contribution in [0.2, 0.25) is 5.15 Å². The Morgan fingerprint density at radius 1 is 1.30 bits per heavy atom. The number of aromatic nitrogens is 3. The van der Waals surface area contributed by atoms with Crippen LogP contribution in [0, 0.1) is 6.92 Å². The van der Waals surface area contributed by atoms with E-state index >= 15 is 0 Å². The fraction of sp³-hybridized carbons (Fsp3) is 0.235. The Hall–Kier alpha value is -2.40. The number of fused-ring (bicyclic) bond motifs is 1. The monoisotopic (exact) mass is 328 g/mol. The first-order chi connectivity index (χ1) is 11.1. The van der Waals surface area contributed by atoms with E-state index in [4.69, 9.17) is 11.6 Å². The maximum atomic E-state index is 12.3.